The molecule has 3 N–H and O–H groups in total. The second-order valence-corrected chi connectivity index (χ2v) is 10.4. The predicted octanol–water partition coefficient (Wildman–Crippen LogP) is 4.42. The van der Waals surface area contributed by atoms with E-state index in [0.717, 1.165) is 50.1 Å². The number of nitrogens with zero attached hydrogens (tertiary/aromatic N) is 2. The van der Waals surface area contributed by atoms with Crippen LogP contribution in [0.1, 0.15) is 16.7 Å². The van der Waals surface area contributed by atoms with Crippen molar-refractivity contribution in [2.24, 2.45) is 5.73 Å². The van der Waals surface area contributed by atoms with Crippen LogP contribution in [0.3, 0.4) is 0 Å². The summed E-state index contributed by atoms with van der Waals surface area (Å²) >= 11 is 0. The van der Waals surface area contributed by atoms with Gasteiger partial charge >= 0.3 is 0 Å². The van der Waals surface area contributed by atoms with Gasteiger partial charge < -0.3 is 11.1 Å². The summed E-state index contributed by atoms with van der Waals surface area (Å²) in [5, 5.41) is 5.78. The third-order valence-electron chi connectivity index (χ3n) is 6.22. The Morgan fingerprint density at radius 1 is 1.03 bits per heavy atom. The molecule has 33 heavy (non-hydrogen) atoms. The molecule has 1 aliphatic heterocycles. The van der Waals surface area contributed by atoms with Crippen LogP contribution in [0.5, 0.6) is 0 Å². The van der Waals surface area contributed by atoms with Crippen molar-refractivity contribution in [1.82, 2.24) is 9.29 Å². The Balaban J connectivity index is 1.49. The van der Waals surface area contributed by atoms with Crippen molar-refractivity contribution < 1.29 is 8.42 Å². The summed E-state index contributed by atoms with van der Waals surface area (Å²) in [6.07, 6.45) is 3.83. The lowest BCUT2D eigenvalue weighted by Gasteiger charge is -2.28. The minimum Gasteiger partial charge on any atom is -0.355 e. The lowest BCUT2D eigenvalue weighted by Crippen LogP contribution is -2.35. The Labute approximate surface area is 194 Å². The highest BCUT2D eigenvalue weighted by Crippen LogP contribution is 2.32. The van der Waals surface area contributed by atoms with E-state index in [1.54, 1.807) is 0 Å². The maximum absolute atomic E-state index is 12.0. The van der Waals surface area contributed by atoms with E-state index in [1.165, 1.54) is 10.6 Å². The van der Waals surface area contributed by atoms with Crippen LogP contribution >= 0.6 is 0 Å². The number of fused-ring (bicyclic) bond motifs is 2. The number of hydrogen-bond donors (Lipinski definition) is 2. The van der Waals surface area contributed by atoms with Crippen molar-refractivity contribution in [3.8, 4) is 11.3 Å². The molecule has 1 aromatic heterocycles. The highest BCUT2D eigenvalue weighted by Gasteiger charge is 2.24. The fraction of sp³-hybridized carbons (Fsp3) is 0.192. The largest absolute Gasteiger partial charge is 0.355 e. The molecule has 1 aliphatic rings. The molecule has 0 saturated carbocycles. The Kier molecular flexibility index (Phi) is 5.62. The first-order valence-corrected chi connectivity index (χ1v) is 12.8. The van der Waals surface area contributed by atoms with Crippen molar-refractivity contribution >= 4 is 32.2 Å². The van der Waals surface area contributed by atoms with E-state index in [1.807, 2.05) is 48.7 Å². The molecule has 6 nitrogen and oxygen atoms in total. The fourth-order valence-corrected chi connectivity index (χ4v) is 5.24. The molecule has 7 heteroatoms. The number of rotatable bonds is 5. The number of sulfonamides is 1. The molecule has 0 radical (unpaired) electrons. The Morgan fingerprint density at radius 3 is 2.64 bits per heavy atom. The first kappa shape index (κ1) is 21.6. The Morgan fingerprint density at radius 2 is 1.85 bits per heavy atom. The molecule has 0 aliphatic carbocycles. The monoisotopic (exact) mass is 458 g/mol. The molecule has 5 rings (SSSR count). The van der Waals surface area contributed by atoms with Crippen molar-refractivity contribution in [3.63, 3.8) is 0 Å². The van der Waals surface area contributed by atoms with Gasteiger partial charge in [-0.15, -0.1) is 0 Å². The van der Waals surface area contributed by atoms with E-state index in [-0.39, 0.29) is 0 Å². The van der Waals surface area contributed by atoms with Crippen LogP contribution < -0.4 is 11.1 Å². The van der Waals surface area contributed by atoms with E-state index >= 15 is 0 Å². The highest BCUT2D eigenvalue weighted by atomic mass is 32.2. The van der Waals surface area contributed by atoms with Gasteiger partial charge in [0.05, 0.1) is 11.9 Å². The van der Waals surface area contributed by atoms with Crippen LogP contribution in [0.15, 0.2) is 72.9 Å². The second-order valence-electron chi connectivity index (χ2n) is 8.41. The number of aromatic nitrogens is 1. The lowest BCUT2D eigenvalue weighted by atomic mass is 9.98. The molecule has 168 valence electrons. The van der Waals surface area contributed by atoms with Gasteiger partial charge in [-0.3, -0.25) is 4.98 Å². The molecule has 0 saturated heterocycles. The van der Waals surface area contributed by atoms with E-state index < -0.39 is 10.0 Å². The summed E-state index contributed by atoms with van der Waals surface area (Å²) in [5.41, 5.74) is 13.1. The molecule has 0 unspecified atom stereocenters. The van der Waals surface area contributed by atoms with Gasteiger partial charge in [-0.2, -0.15) is 4.31 Å². The van der Waals surface area contributed by atoms with E-state index in [4.69, 9.17) is 5.73 Å². The third kappa shape index (κ3) is 4.35. The van der Waals surface area contributed by atoms with Gasteiger partial charge in [0.25, 0.3) is 0 Å². The molecule has 0 atom stereocenters. The lowest BCUT2D eigenvalue weighted by molar-refractivity contribution is 0.395. The average molecular weight is 459 g/mol. The van der Waals surface area contributed by atoms with Gasteiger partial charge in [-0.1, -0.05) is 42.5 Å². The molecule has 0 spiro atoms. The topological polar surface area (TPSA) is 88.3 Å². The van der Waals surface area contributed by atoms with Crippen LogP contribution in [0.4, 0.5) is 11.4 Å². The summed E-state index contributed by atoms with van der Waals surface area (Å²) in [4.78, 5) is 4.69. The zero-order valence-electron chi connectivity index (χ0n) is 18.5. The summed E-state index contributed by atoms with van der Waals surface area (Å²) < 4.78 is 25.5. The third-order valence-corrected chi connectivity index (χ3v) is 7.47. The molecule has 0 fully saturated rings. The second kappa shape index (κ2) is 8.59. The quantitative estimate of drug-likeness (QED) is 0.462. The minimum atomic E-state index is -3.21. The minimum absolute atomic E-state index is 0.405. The zero-order valence-corrected chi connectivity index (χ0v) is 19.3. The fourth-order valence-electron chi connectivity index (χ4n) is 4.44. The number of pyridine rings is 1. The molecular formula is C26H26N4O2S. The molecule has 0 bridgehead atoms. The Bertz CT molecular complexity index is 1450. The predicted molar refractivity (Wildman–Crippen MR) is 134 cm³/mol. The molecule has 2 heterocycles. The number of benzene rings is 3. The molecule has 3 aromatic carbocycles. The smallest absolute Gasteiger partial charge is 0.211 e. The number of nitrogens with one attached hydrogen (secondary N) is 1. The van der Waals surface area contributed by atoms with Gasteiger partial charge in [0.1, 0.15) is 0 Å². The summed E-state index contributed by atoms with van der Waals surface area (Å²) in [5.74, 6) is 0. The van der Waals surface area contributed by atoms with Gasteiger partial charge in [0.15, 0.2) is 0 Å². The average Bonchev–Trinajstić information content (AvgIpc) is 2.83. The Hall–Kier alpha value is -3.26. The van der Waals surface area contributed by atoms with E-state index in [9.17, 15) is 8.42 Å². The van der Waals surface area contributed by atoms with Gasteiger partial charge in [0.2, 0.25) is 10.0 Å². The number of anilines is 2. The molecule has 4 aromatic rings. The van der Waals surface area contributed by atoms with Crippen molar-refractivity contribution in [3.05, 3.63) is 89.6 Å². The normalized spacial score (nSPS) is 14.2. The summed E-state index contributed by atoms with van der Waals surface area (Å²) in [6, 6.07) is 22.4. The molecular weight excluding hydrogens is 432 g/mol. The van der Waals surface area contributed by atoms with Crippen LogP contribution in [0.25, 0.3) is 22.0 Å². The van der Waals surface area contributed by atoms with Crippen LogP contribution in [0.2, 0.25) is 0 Å². The highest BCUT2D eigenvalue weighted by molar-refractivity contribution is 7.88. The van der Waals surface area contributed by atoms with Crippen LogP contribution in [-0.2, 0) is 29.5 Å². The summed E-state index contributed by atoms with van der Waals surface area (Å²) in [6.45, 7) is 1.32. The van der Waals surface area contributed by atoms with Crippen LogP contribution in [-0.4, -0.2) is 30.5 Å². The van der Waals surface area contributed by atoms with Gasteiger partial charge in [-0.05, 0) is 52.8 Å². The van der Waals surface area contributed by atoms with E-state index in [0.29, 0.717) is 26.1 Å². The van der Waals surface area contributed by atoms with Crippen molar-refractivity contribution in [2.45, 2.75) is 19.5 Å². The maximum Gasteiger partial charge on any atom is 0.211 e. The van der Waals surface area contributed by atoms with Crippen LogP contribution in [0, 0.1) is 0 Å². The van der Waals surface area contributed by atoms with Crippen molar-refractivity contribution in [2.75, 3.05) is 18.1 Å². The first-order valence-electron chi connectivity index (χ1n) is 10.9. The summed E-state index contributed by atoms with van der Waals surface area (Å²) in [7, 11) is -3.21. The molecule has 0 amide bonds. The van der Waals surface area contributed by atoms with Gasteiger partial charge in [-0.25, -0.2) is 8.42 Å². The first-order chi connectivity index (χ1) is 15.9. The number of nitrogens with two attached hydrogens (primary N) is 1. The zero-order chi connectivity index (χ0) is 23.0. The SMILES string of the molecule is CS(=O)(=O)N1CCc2c(cccc2Nc2ccc(CN)c(-c3cc4ccccc4cn3)c2)C1. The number of hydrogen-bond acceptors (Lipinski definition) is 5. The van der Waals surface area contributed by atoms with E-state index in [2.05, 4.69) is 34.6 Å². The van der Waals surface area contributed by atoms with Crippen molar-refractivity contribution in [1.29, 1.82) is 0 Å². The standard InChI is InChI=1S/C26H26N4O2S/c1-33(31,32)30-12-11-23-21(17-30)7-4-8-25(23)29-22-10-9-19(15-27)24(14-22)26-13-18-5-2-3-6-20(18)16-28-26/h2-10,13-14,16,29H,11-12,15,17,27H2,1H3. The maximum atomic E-state index is 12.0. The van der Waals surface area contributed by atoms with Gasteiger partial charge in [0, 0.05) is 48.2 Å².